The van der Waals surface area contributed by atoms with Crippen molar-refractivity contribution in [1.82, 2.24) is 9.97 Å². The van der Waals surface area contributed by atoms with Gasteiger partial charge >= 0.3 is 0 Å². The molecule has 0 aliphatic carbocycles. The van der Waals surface area contributed by atoms with Crippen LogP contribution in [0, 0.1) is 0 Å². The Hall–Kier alpha value is -3.71. The second-order valence-electron chi connectivity index (χ2n) is 6.47. The fraction of sp³-hybridized carbons (Fsp3) is 0.0909. The Kier molecular flexibility index (Phi) is 5.20. The molecule has 0 atom stereocenters. The molecule has 0 amide bonds. The number of methoxy groups -OCH3 is 2. The van der Waals surface area contributed by atoms with E-state index in [2.05, 4.69) is 15.3 Å². The fourth-order valence-corrected chi connectivity index (χ4v) is 3.32. The molecule has 0 aliphatic rings. The van der Waals surface area contributed by atoms with Crippen LogP contribution in [0.4, 0.5) is 11.5 Å². The van der Waals surface area contributed by atoms with Crippen LogP contribution in [0.5, 0.6) is 23.0 Å². The van der Waals surface area contributed by atoms with Crippen LogP contribution in [0.3, 0.4) is 0 Å². The molecule has 0 fully saturated rings. The molecule has 4 rings (SSSR count). The number of hydrogen-bond donors (Lipinski definition) is 3. The molecule has 0 unspecified atom stereocenters. The molecule has 0 saturated carbocycles. The average molecular weight is 424 g/mol. The van der Waals surface area contributed by atoms with E-state index in [1.54, 1.807) is 37.4 Å². The molecule has 8 heteroatoms. The number of phenolic OH excluding ortho intramolecular Hbond substituents is 2. The van der Waals surface area contributed by atoms with Gasteiger partial charge in [0.15, 0.2) is 11.5 Å². The summed E-state index contributed by atoms with van der Waals surface area (Å²) in [4.78, 5) is 8.68. The third-order valence-corrected chi connectivity index (χ3v) is 4.98. The highest BCUT2D eigenvalue weighted by Crippen LogP contribution is 2.39. The predicted octanol–water partition coefficient (Wildman–Crippen LogP) is 5.12. The largest absolute Gasteiger partial charge is 0.508 e. The van der Waals surface area contributed by atoms with Crippen molar-refractivity contribution in [3.63, 3.8) is 0 Å². The number of phenols is 2. The average Bonchev–Trinajstić information content (AvgIpc) is 2.76. The van der Waals surface area contributed by atoms with Gasteiger partial charge < -0.3 is 25.0 Å². The van der Waals surface area contributed by atoms with Gasteiger partial charge in [-0.15, -0.1) is 0 Å². The molecular formula is C22H18ClN3O4. The molecule has 3 aromatic carbocycles. The van der Waals surface area contributed by atoms with Crippen LogP contribution in [-0.2, 0) is 0 Å². The van der Waals surface area contributed by atoms with Crippen LogP contribution in [0.25, 0.3) is 22.0 Å². The smallest absolute Gasteiger partial charge is 0.161 e. The number of nitrogens with zero attached hydrogens (tertiary/aromatic N) is 2. The number of benzene rings is 3. The number of rotatable bonds is 5. The highest BCUT2D eigenvalue weighted by Gasteiger charge is 2.15. The molecule has 30 heavy (non-hydrogen) atoms. The Bertz CT molecular complexity index is 1250. The first kappa shape index (κ1) is 19.6. The maximum Gasteiger partial charge on any atom is 0.161 e. The molecular weight excluding hydrogens is 406 g/mol. The first-order chi connectivity index (χ1) is 14.5. The third-order valence-electron chi connectivity index (χ3n) is 4.65. The van der Waals surface area contributed by atoms with Crippen molar-refractivity contribution in [1.29, 1.82) is 0 Å². The molecule has 152 valence electrons. The zero-order valence-electron chi connectivity index (χ0n) is 16.2. The molecule has 1 aromatic heterocycles. The summed E-state index contributed by atoms with van der Waals surface area (Å²) in [6, 6.07) is 13.4. The van der Waals surface area contributed by atoms with E-state index in [0.29, 0.717) is 33.5 Å². The normalized spacial score (nSPS) is 10.8. The van der Waals surface area contributed by atoms with E-state index in [1.165, 1.54) is 25.6 Å². The molecule has 0 spiro atoms. The minimum absolute atomic E-state index is 0.0465. The second kappa shape index (κ2) is 7.96. The second-order valence-corrected chi connectivity index (χ2v) is 6.87. The van der Waals surface area contributed by atoms with Crippen LogP contribution in [0.2, 0.25) is 5.02 Å². The number of aromatic hydroxyl groups is 2. The van der Waals surface area contributed by atoms with Crippen LogP contribution in [0.15, 0.2) is 54.9 Å². The van der Waals surface area contributed by atoms with Gasteiger partial charge in [0.1, 0.15) is 23.6 Å². The summed E-state index contributed by atoms with van der Waals surface area (Å²) in [7, 11) is 3.07. The predicted molar refractivity (Wildman–Crippen MR) is 116 cm³/mol. The Morgan fingerprint density at radius 2 is 1.70 bits per heavy atom. The maximum absolute atomic E-state index is 9.92. The van der Waals surface area contributed by atoms with E-state index in [0.717, 1.165) is 16.5 Å². The van der Waals surface area contributed by atoms with Gasteiger partial charge in [0, 0.05) is 23.1 Å². The van der Waals surface area contributed by atoms with E-state index in [9.17, 15) is 10.2 Å². The number of halogens is 1. The number of ether oxygens (including phenoxy) is 2. The van der Waals surface area contributed by atoms with Crippen LogP contribution < -0.4 is 14.8 Å². The SMILES string of the molecule is COc1cc(-c2cc3c(Nc4cc(O)ccc4Cl)ncnc3cc2OC)ccc1O. The quantitative estimate of drug-likeness (QED) is 0.409. The van der Waals surface area contributed by atoms with Crippen LogP contribution in [0.1, 0.15) is 0 Å². The van der Waals surface area contributed by atoms with Crippen molar-refractivity contribution in [3.8, 4) is 34.1 Å². The topological polar surface area (TPSA) is 96.7 Å². The molecule has 0 bridgehead atoms. The fourth-order valence-electron chi connectivity index (χ4n) is 3.16. The van der Waals surface area contributed by atoms with E-state index < -0.39 is 0 Å². The molecule has 3 N–H and O–H groups in total. The lowest BCUT2D eigenvalue weighted by Gasteiger charge is -2.14. The van der Waals surface area contributed by atoms with Gasteiger partial charge in [-0.1, -0.05) is 17.7 Å². The Morgan fingerprint density at radius 1 is 0.900 bits per heavy atom. The maximum atomic E-state index is 9.92. The summed E-state index contributed by atoms with van der Waals surface area (Å²) in [5.41, 5.74) is 2.73. The van der Waals surface area contributed by atoms with Crippen LogP contribution in [-0.4, -0.2) is 34.4 Å². The summed E-state index contributed by atoms with van der Waals surface area (Å²) in [5, 5.41) is 24.0. The summed E-state index contributed by atoms with van der Waals surface area (Å²) >= 11 is 6.25. The Morgan fingerprint density at radius 3 is 2.47 bits per heavy atom. The first-order valence-electron chi connectivity index (χ1n) is 8.96. The molecule has 7 nitrogen and oxygen atoms in total. The lowest BCUT2D eigenvalue weighted by Crippen LogP contribution is -1.98. The number of anilines is 2. The molecule has 0 saturated heterocycles. The van der Waals surface area contributed by atoms with Crippen molar-refractivity contribution in [2.24, 2.45) is 0 Å². The number of aromatic nitrogens is 2. The van der Waals surface area contributed by atoms with Gasteiger partial charge in [0.2, 0.25) is 0 Å². The Balaban J connectivity index is 1.88. The van der Waals surface area contributed by atoms with Crippen molar-refractivity contribution in [2.45, 2.75) is 0 Å². The first-order valence-corrected chi connectivity index (χ1v) is 9.33. The highest BCUT2D eigenvalue weighted by atomic mass is 35.5. The minimum Gasteiger partial charge on any atom is -0.508 e. The summed E-state index contributed by atoms with van der Waals surface area (Å²) in [5.74, 6) is 1.60. The standard InChI is InChI=1S/C22H18ClN3O4/c1-29-20-10-17-15(9-14(20)12-3-6-19(28)21(7-12)30-2)22(25-11-24-17)26-18-8-13(27)4-5-16(18)23/h3-11,27-28H,1-2H3,(H,24,25,26). The zero-order valence-corrected chi connectivity index (χ0v) is 16.9. The molecule has 4 aromatic rings. The van der Waals surface area contributed by atoms with Crippen LogP contribution >= 0.6 is 11.6 Å². The summed E-state index contributed by atoms with van der Waals surface area (Å²) < 4.78 is 10.8. The zero-order chi connectivity index (χ0) is 21.3. The van der Waals surface area contributed by atoms with E-state index in [4.69, 9.17) is 21.1 Å². The van der Waals surface area contributed by atoms with Crippen molar-refractivity contribution >= 4 is 34.0 Å². The van der Waals surface area contributed by atoms with Gasteiger partial charge in [-0.2, -0.15) is 0 Å². The van der Waals surface area contributed by atoms with Gasteiger partial charge in [-0.05, 0) is 35.9 Å². The molecule has 0 radical (unpaired) electrons. The molecule has 1 heterocycles. The lowest BCUT2D eigenvalue weighted by atomic mass is 10.0. The Labute approximate surface area is 177 Å². The highest BCUT2D eigenvalue weighted by molar-refractivity contribution is 6.33. The van der Waals surface area contributed by atoms with Gasteiger partial charge in [-0.3, -0.25) is 0 Å². The van der Waals surface area contributed by atoms with Gasteiger partial charge in [0.25, 0.3) is 0 Å². The summed E-state index contributed by atoms with van der Waals surface area (Å²) in [6.45, 7) is 0. The molecule has 0 aliphatic heterocycles. The van der Waals surface area contributed by atoms with E-state index in [-0.39, 0.29) is 11.5 Å². The third kappa shape index (κ3) is 3.62. The van der Waals surface area contributed by atoms with Crippen molar-refractivity contribution in [2.75, 3.05) is 19.5 Å². The number of nitrogens with one attached hydrogen (secondary N) is 1. The number of fused-ring (bicyclic) bond motifs is 1. The van der Waals surface area contributed by atoms with Crippen molar-refractivity contribution < 1.29 is 19.7 Å². The van der Waals surface area contributed by atoms with E-state index in [1.807, 2.05) is 6.07 Å². The van der Waals surface area contributed by atoms with Gasteiger partial charge in [0.05, 0.1) is 30.4 Å². The van der Waals surface area contributed by atoms with Gasteiger partial charge in [-0.25, -0.2) is 9.97 Å². The minimum atomic E-state index is 0.0465. The monoisotopic (exact) mass is 423 g/mol. The van der Waals surface area contributed by atoms with E-state index >= 15 is 0 Å². The number of hydrogen-bond acceptors (Lipinski definition) is 7. The summed E-state index contributed by atoms with van der Waals surface area (Å²) in [6.07, 6.45) is 1.43. The van der Waals surface area contributed by atoms with Crippen molar-refractivity contribution in [3.05, 3.63) is 59.9 Å². The lowest BCUT2D eigenvalue weighted by molar-refractivity contribution is 0.373.